The second-order valence-corrected chi connectivity index (χ2v) is 10.1. The highest BCUT2D eigenvalue weighted by Crippen LogP contribution is 3.02. The standard InChI is InChI=1S/C20H17F5N4O2S/c21-32(22,23,24,25)14-6-4-13(5-7-14)15(12-2-3-12)10-17(30)16-11-18(31)29-20(28-16)19-26-8-1-9-27-19/h1,4-9,11-12,15H,2-3,10H2,(H,28,29,31)/t15-/m1/s1. The number of H-pyrrole nitrogens is 1. The fourth-order valence-electron chi connectivity index (χ4n) is 3.46. The molecule has 0 bridgehead atoms. The Hall–Kier alpha value is -3.15. The van der Waals surface area contributed by atoms with Crippen molar-refractivity contribution in [3.05, 3.63) is 70.4 Å². The van der Waals surface area contributed by atoms with Gasteiger partial charge in [0.15, 0.2) is 17.4 Å². The summed E-state index contributed by atoms with van der Waals surface area (Å²) in [6.07, 6.45) is 4.26. The maximum absolute atomic E-state index is 13.0. The number of aromatic nitrogens is 4. The minimum absolute atomic E-state index is 0.00431. The summed E-state index contributed by atoms with van der Waals surface area (Å²) in [6, 6.07) is 5.27. The molecule has 0 saturated heterocycles. The quantitative estimate of drug-likeness (QED) is 0.355. The molecule has 32 heavy (non-hydrogen) atoms. The zero-order valence-electron chi connectivity index (χ0n) is 16.4. The van der Waals surface area contributed by atoms with Gasteiger partial charge < -0.3 is 4.98 Å². The molecule has 1 aliphatic rings. The van der Waals surface area contributed by atoms with Gasteiger partial charge >= 0.3 is 10.2 Å². The summed E-state index contributed by atoms with van der Waals surface area (Å²) >= 11 is 0. The van der Waals surface area contributed by atoms with E-state index in [-0.39, 0.29) is 29.7 Å². The maximum Gasteiger partial charge on any atom is 0.310 e. The van der Waals surface area contributed by atoms with Crippen LogP contribution < -0.4 is 5.56 Å². The van der Waals surface area contributed by atoms with Gasteiger partial charge in [-0.15, -0.1) is 0 Å². The minimum atomic E-state index is -9.77. The van der Waals surface area contributed by atoms with Crippen molar-refractivity contribution in [3.63, 3.8) is 0 Å². The van der Waals surface area contributed by atoms with Crippen LogP contribution in [0.15, 0.2) is 58.5 Å². The van der Waals surface area contributed by atoms with E-state index < -0.39 is 32.4 Å². The maximum atomic E-state index is 13.0. The number of nitrogens with one attached hydrogen (secondary N) is 1. The first kappa shape index (κ1) is 22.1. The molecular formula is C20H17F5N4O2S. The molecule has 0 spiro atoms. The van der Waals surface area contributed by atoms with Crippen LogP contribution in [0.4, 0.5) is 19.4 Å². The first-order valence-corrected chi connectivity index (χ1v) is 11.5. The largest absolute Gasteiger partial charge is 0.310 e. The third kappa shape index (κ3) is 5.01. The minimum Gasteiger partial charge on any atom is -0.304 e. The van der Waals surface area contributed by atoms with Gasteiger partial charge in [0.2, 0.25) is 0 Å². The van der Waals surface area contributed by atoms with E-state index in [1.54, 1.807) is 6.07 Å². The predicted octanol–water partition coefficient (Wildman–Crippen LogP) is 5.65. The molecule has 2 heterocycles. The lowest BCUT2D eigenvalue weighted by Gasteiger charge is -2.40. The first-order chi connectivity index (χ1) is 14.8. The number of nitrogens with zero attached hydrogens (tertiary/aromatic N) is 3. The van der Waals surface area contributed by atoms with Crippen LogP contribution in [0.1, 0.15) is 41.2 Å². The van der Waals surface area contributed by atoms with Crippen LogP contribution in [0, 0.1) is 5.92 Å². The predicted molar refractivity (Wildman–Crippen MR) is 108 cm³/mol. The summed E-state index contributed by atoms with van der Waals surface area (Å²) in [5, 5.41) is 0. The van der Waals surface area contributed by atoms with Crippen molar-refractivity contribution < 1.29 is 24.2 Å². The number of hydrogen-bond donors (Lipinski definition) is 1. The second kappa shape index (κ2) is 6.92. The summed E-state index contributed by atoms with van der Waals surface area (Å²) in [5.41, 5.74) is -0.373. The van der Waals surface area contributed by atoms with Gasteiger partial charge in [0.05, 0.1) is 0 Å². The number of benzene rings is 1. The van der Waals surface area contributed by atoms with Crippen molar-refractivity contribution in [1.29, 1.82) is 0 Å². The Bertz CT molecular complexity index is 1230. The van der Waals surface area contributed by atoms with Crippen molar-refractivity contribution in [1.82, 2.24) is 19.9 Å². The van der Waals surface area contributed by atoms with Crippen molar-refractivity contribution in [3.8, 4) is 11.6 Å². The van der Waals surface area contributed by atoms with Crippen LogP contribution in [0.3, 0.4) is 0 Å². The Balaban J connectivity index is 1.61. The molecule has 12 heteroatoms. The van der Waals surface area contributed by atoms with E-state index in [4.69, 9.17) is 0 Å². The Morgan fingerprint density at radius 1 is 1.06 bits per heavy atom. The molecule has 6 nitrogen and oxygen atoms in total. The Kier molecular flexibility index (Phi) is 4.77. The van der Waals surface area contributed by atoms with E-state index in [1.807, 2.05) is 0 Å². The van der Waals surface area contributed by atoms with Gasteiger partial charge in [0.25, 0.3) is 5.56 Å². The fourth-order valence-corrected chi connectivity index (χ4v) is 4.11. The molecule has 1 aliphatic carbocycles. The molecule has 1 atom stereocenters. The number of halogens is 5. The van der Waals surface area contributed by atoms with E-state index in [0.717, 1.165) is 31.0 Å². The van der Waals surface area contributed by atoms with Gasteiger partial charge in [-0.3, -0.25) is 9.59 Å². The van der Waals surface area contributed by atoms with E-state index in [2.05, 4.69) is 19.9 Å². The molecule has 2 aromatic heterocycles. The van der Waals surface area contributed by atoms with E-state index in [0.29, 0.717) is 17.7 Å². The number of aromatic amines is 1. The Morgan fingerprint density at radius 3 is 2.25 bits per heavy atom. The third-order valence-corrected chi connectivity index (χ3v) is 6.32. The molecule has 1 fully saturated rings. The number of rotatable bonds is 7. The number of carbonyl (C=O) groups is 1. The topological polar surface area (TPSA) is 88.6 Å². The van der Waals surface area contributed by atoms with Gasteiger partial charge in [-0.2, -0.15) is 0 Å². The fraction of sp³-hybridized carbons (Fsp3) is 0.250. The van der Waals surface area contributed by atoms with Gasteiger partial charge in [0, 0.05) is 24.9 Å². The summed E-state index contributed by atoms with van der Waals surface area (Å²) < 4.78 is 65.0. The number of Topliss-reactive ketones (excluding diaryl/α,β-unsaturated/α-hetero) is 1. The summed E-state index contributed by atoms with van der Waals surface area (Å²) in [5.74, 6) is -0.826. The molecule has 0 aliphatic heterocycles. The lowest BCUT2D eigenvalue weighted by Crippen LogP contribution is -2.17. The van der Waals surface area contributed by atoms with Crippen molar-refractivity contribution >= 4 is 16.0 Å². The van der Waals surface area contributed by atoms with E-state index >= 15 is 0 Å². The average Bonchev–Trinajstić information content (AvgIpc) is 3.56. The van der Waals surface area contributed by atoms with Crippen molar-refractivity contribution in [2.45, 2.75) is 30.1 Å². The molecular weight excluding hydrogens is 455 g/mol. The third-order valence-electron chi connectivity index (χ3n) is 5.15. The monoisotopic (exact) mass is 472 g/mol. The first-order valence-electron chi connectivity index (χ1n) is 9.56. The highest BCUT2D eigenvalue weighted by atomic mass is 32.5. The highest BCUT2D eigenvalue weighted by Gasteiger charge is 2.65. The molecule has 1 aromatic carbocycles. The number of carbonyl (C=O) groups excluding carboxylic acids is 1. The van der Waals surface area contributed by atoms with Crippen molar-refractivity contribution in [2.75, 3.05) is 0 Å². The molecule has 1 N–H and O–H groups in total. The second-order valence-electron chi connectivity index (χ2n) is 7.66. The Morgan fingerprint density at radius 2 is 1.69 bits per heavy atom. The lowest BCUT2D eigenvalue weighted by molar-refractivity contribution is 0.0965. The van der Waals surface area contributed by atoms with Gasteiger partial charge in [-0.1, -0.05) is 31.6 Å². The van der Waals surface area contributed by atoms with Gasteiger partial charge in [-0.25, -0.2) is 15.0 Å². The van der Waals surface area contributed by atoms with Crippen molar-refractivity contribution in [2.24, 2.45) is 5.92 Å². The van der Waals surface area contributed by atoms with Gasteiger partial charge in [0.1, 0.15) is 10.6 Å². The lowest BCUT2D eigenvalue weighted by atomic mass is 9.88. The normalized spacial score (nSPS) is 17.3. The SMILES string of the molecule is O=C(C[C@@H](c1ccc(S(F)(F)(F)(F)F)cc1)C1CC1)c1cc(=O)[nH]c(-c2ncccn2)n1. The van der Waals surface area contributed by atoms with Crippen LogP contribution >= 0.6 is 10.2 Å². The van der Waals surface area contributed by atoms with Crippen LogP contribution in [0.25, 0.3) is 11.6 Å². The zero-order chi connectivity index (χ0) is 23.2. The average molecular weight is 472 g/mol. The summed E-state index contributed by atoms with van der Waals surface area (Å²) in [4.78, 5) is 37.4. The van der Waals surface area contributed by atoms with E-state index in [1.165, 1.54) is 12.4 Å². The van der Waals surface area contributed by atoms with Crippen LogP contribution in [-0.2, 0) is 0 Å². The molecule has 0 radical (unpaired) electrons. The summed E-state index contributed by atoms with van der Waals surface area (Å²) in [6.45, 7) is 0. The smallest absolute Gasteiger partial charge is 0.304 e. The van der Waals surface area contributed by atoms with Crippen LogP contribution in [-0.4, -0.2) is 25.7 Å². The molecule has 3 aromatic rings. The van der Waals surface area contributed by atoms with Gasteiger partial charge in [-0.05, 0) is 48.4 Å². The molecule has 0 amide bonds. The Labute approximate surface area is 178 Å². The van der Waals surface area contributed by atoms with E-state index in [9.17, 15) is 29.0 Å². The number of hydrogen-bond acceptors (Lipinski definition) is 5. The number of ketones is 1. The molecule has 0 unspecified atom stereocenters. The zero-order valence-corrected chi connectivity index (χ0v) is 17.2. The van der Waals surface area contributed by atoms with Crippen LogP contribution in [0.5, 0.6) is 0 Å². The molecule has 170 valence electrons. The molecule has 4 rings (SSSR count). The highest BCUT2D eigenvalue weighted by molar-refractivity contribution is 8.45. The van der Waals surface area contributed by atoms with Crippen LogP contribution in [0.2, 0.25) is 0 Å². The molecule has 1 saturated carbocycles. The summed E-state index contributed by atoms with van der Waals surface area (Å²) in [7, 11) is -9.77.